The molecular formula is C31H24F7N3O6S. The van der Waals surface area contributed by atoms with Gasteiger partial charge in [0, 0.05) is 35.6 Å². The maximum atomic E-state index is 15.1. The third-order valence-corrected chi connectivity index (χ3v) is 8.24. The van der Waals surface area contributed by atoms with Gasteiger partial charge in [-0.05, 0) is 66.6 Å². The number of alkyl halides is 6. The molecule has 0 atom stereocenters. The molecule has 5 aromatic rings. The summed E-state index contributed by atoms with van der Waals surface area (Å²) >= 11 is 0. The summed E-state index contributed by atoms with van der Waals surface area (Å²) in [5.74, 6) is -1.76. The summed E-state index contributed by atoms with van der Waals surface area (Å²) in [6.45, 7) is -0.0254. The second-order valence-corrected chi connectivity index (χ2v) is 12.5. The van der Waals surface area contributed by atoms with Crippen molar-refractivity contribution in [2.75, 3.05) is 12.9 Å². The van der Waals surface area contributed by atoms with E-state index < -0.39 is 63.3 Å². The Morgan fingerprint density at radius 1 is 0.917 bits per heavy atom. The lowest BCUT2D eigenvalue weighted by Crippen LogP contribution is -2.16. The number of sulfone groups is 1. The van der Waals surface area contributed by atoms with Gasteiger partial charge in [-0.1, -0.05) is 6.07 Å². The average molecular weight is 700 g/mol. The van der Waals surface area contributed by atoms with Crippen molar-refractivity contribution >= 4 is 9.84 Å². The van der Waals surface area contributed by atoms with E-state index in [0.717, 1.165) is 41.3 Å². The van der Waals surface area contributed by atoms with Gasteiger partial charge in [-0.3, -0.25) is 0 Å². The van der Waals surface area contributed by atoms with Crippen molar-refractivity contribution in [3.8, 4) is 45.1 Å². The molecule has 0 fully saturated rings. The SMILES string of the molecule is Cc1nc(C(F)(F)F)cn1-c1ccc(-c2cc(F)c(CO)c(S(C)(=O)=O)c2)cc1-c1nc(CCO)oc1-c1ccc(OC(F)(F)F)cc1. The lowest BCUT2D eigenvalue weighted by Gasteiger charge is -2.15. The van der Waals surface area contributed by atoms with Gasteiger partial charge in [0.2, 0.25) is 0 Å². The zero-order valence-electron chi connectivity index (χ0n) is 24.8. The molecule has 0 aliphatic heterocycles. The third kappa shape index (κ3) is 7.22. The molecule has 2 N–H and O–H groups in total. The third-order valence-electron chi connectivity index (χ3n) is 7.08. The quantitative estimate of drug-likeness (QED) is 0.164. The van der Waals surface area contributed by atoms with E-state index in [-0.39, 0.29) is 57.5 Å². The van der Waals surface area contributed by atoms with Crippen LogP contribution >= 0.6 is 0 Å². The minimum atomic E-state index is -4.97. The van der Waals surface area contributed by atoms with Gasteiger partial charge in [0.25, 0.3) is 0 Å². The van der Waals surface area contributed by atoms with Crippen LogP contribution in [0.25, 0.3) is 39.4 Å². The monoisotopic (exact) mass is 699 g/mol. The fourth-order valence-electron chi connectivity index (χ4n) is 4.98. The summed E-state index contributed by atoms with van der Waals surface area (Å²) in [7, 11) is -4.04. The molecule has 48 heavy (non-hydrogen) atoms. The molecule has 0 saturated carbocycles. The van der Waals surface area contributed by atoms with Gasteiger partial charge >= 0.3 is 12.5 Å². The van der Waals surface area contributed by atoms with E-state index in [2.05, 4.69) is 14.7 Å². The molecule has 9 nitrogen and oxygen atoms in total. The first-order valence-corrected chi connectivity index (χ1v) is 15.7. The molecule has 0 aliphatic rings. The van der Waals surface area contributed by atoms with Crippen LogP contribution in [0.15, 0.2) is 70.1 Å². The number of imidazole rings is 1. The average Bonchev–Trinajstić information content (AvgIpc) is 3.59. The highest BCUT2D eigenvalue weighted by Crippen LogP contribution is 2.41. The van der Waals surface area contributed by atoms with Crippen molar-refractivity contribution < 1.29 is 58.5 Å². The number of aliphatic hydroxyl groups excluding tert-OH is 2. The van der Waals surface area contributed by atoms with Gasteiger partial charge in [0.05, 0.1) is 23.8 Å². The number of aliphatic hydroxyl groups is 2. The van der Waals surface area contributed by atoms with Crippen LogP contribution < -0.4 is 4.74 Å². The van der Waals surface area contributed by atoms with Crippen LogP contribution in [0, 0.1) is 12.7 Å². The topological polar surface area (TPSA) is 128 Å². The van der Waals surface area contributed by atoms with E-state index in [1.165, 1.54) is 37.3 Å². The van der Waals surface area contributed by atoms with Gasteiger partial charge in [-0.15, -0.1) is 13.2 Å². The summed E-state index contributed by atoms with van der Waals surface area (Å²) < 4.78 is 130. The zero-order valence-corrected chi connectivity index (χ0v) is 25.6. The highest BCUT2D eigenvalue weighted by molar-refractivity contribution is 7.90. The summed E-state index contributed by atoms with van der Waals surface area (Å²) in [5, 5.41) is 19.2. The van der Waals surface area contributed by atoms with Gasteiger partial charge < -0.3 is 23.9 Å². The van der Waals surface area contributed by atoms with Crippen LogP contribution in [0.5, 0.6) is 5.75 Å². The Kier molecular flexibility index (Phi) is 9.15. The molecule has 0 radical (unpaired) electrons. The van der Waals surface area contributed by atoms with Crippen molar-refractivity contribution in [1.29, 1.82) is 0 Å². The molecule has 0 saturated heterocycles. The Balaban J connectivity index is 1.78. The number of rotatable bonds is 9. The van der Waals surface area contributed by atoms with Crippen LogP contribution in [-0.4, -0.2) is 52.4 Å². The smallest absolute Gasteiger partial charge is 0.440 e. The van der Waals surface area contributed by atoms with E-state index in [9.17, 15) is 45.0 Å². The Morgan fingerprint density at radius 3 is 2.15 bits per heavy atom. The number of aryl methyl sites for hydroxylation is 1. The standard InChI is InChI=1S/C31H24F7N3O6S/c1-16-39-26(30(33,34)35)14-41(16)24-8-5-18(19-12-23(32)22(15-43)25(13-19)48(2,44)45)11-21(24)28-29(46-27(40-28)9-10-42)17-3-6-20(7-4-17)47-31(36,37)38/h3-8,11-14,42-43H,9-10,15H2,1-2H3. The lowest BCUT2D eigenvalue weighted by atomic mass is 9.97. The fraction of sp³-hybridized carbons (Fsp3) is 0.226. The first-order valence-electron chi connectivity index (χ1n) is 13.8. The molecule has 2 heterocycles. The molecule has 0 unspecified atom stereocenters. The fourth-order valence-corrected chi connectivity index (χ4v) is 5.93. The number of hydrogen-bond donors (Lipinski definition) is 2. The first kappa shape index (κ1) is 34.6. The minimum absolute atomic E-state index is 0.0190. The van der Waals surface area contributed by atoms with Crippen LogP contribution in [0.3, 0.4) is 0 Å². The number of oxazole rings is 1. The normalized spacial score (nSPS) is 12.5. The van der Waals surface area contributed by atoms with E-state index >= 15 is 4.39 Å². The van der Waals surface area contributed by atoms with E-state index in [1.807, 2.05) is 0 Å². The molecule has 254 valence electrons. The van der Waals surface area contributed by atoms with Gasteiger partial charge in [0.1, 0.15) is 23.1 Å². The van der Waals surface area contributed by atoms with E-state index in [0.29, 0.717) is 0 Å². The number of halogens is 7. The van der Waals surface area contributed by atoms with Crippen molar-refractivity contribution in [3.63, 3.8) is 0 Å². The Morgan fingerprint density at radius 2 is 1.58 bits per heavy atom. The maximum absolute atomic E-state index is 15.1. The minimum Gasteiger partial charge on any atom is -0.440 e. The number of aromatic nitrogens is 3. The van der Waals surface area contributed by atoms with Gasteiger partial charge in [0.15, 0.2) is 27.2 Å². The second-order valence-electron chi connectivity index (χ2n) is 10.5. The molecule has 5 rings (SSSR count). The van der Waals surface area contributed by atoms with E-state index in [1.54, 1.807) is 0 Å². The molecule has 0 amide bonds. The molecule has 0 spiro atoms. The lowest BCUT2D eigenvalue weighted by molar-refractivity contribution is -0.274. The van der Waals surface area contributed by atoms with Crippen molar-refractivity contribution in [2.24, 2.45) is 0 Å². The van der Waals surface area contributed by atoms with E-state index in [4.69, 9.17) is 4.42 Å². The number of hydrogen-bond acceptors (Lipinski definition) is 8. The van der Waals surface area contributed by atoms with Crippen molar-refractivity contribution in [1.82, 2.24) is 14.5 Å². The number of benzene rings is 3. The zero-order chi connectivity index (χ0) is 35.2. The van der Waals surface area contributed by atoms with Crippen molar-refractivity contribution in [3.05, 3.63) is 89.6 Å². The van der Waals surface area contributed by atoms with Crippen LogP contribution in [0.4, 0.5) is 30.7 Å². The largest absolute Gasteiger partial charge is 0.573 e. The van der Waals surface area contributed by atoms with Gasteiger partial charge in [-0.2, -0.15) is 13.2 Å². The molecule has 0 bridgehead atoms. The Bertz CT molecular complexity index is 2090. The maximum Gasteiger partial charge on any atom is 0.573 e. The predicted octanol–water partition coefficient (Wildman–Crippen LogP) is 6.66. The molecule has 0 aliphatic carbocycles. The summed E-state index contributed by atoms with van der Waals surface area (Å²) in [4.78, 5) is 7.57. The van der Waals surface area contributed by atoms with Crippen LogP contribution in [-0.2, 0) is 29.0 Å². The predicted molar refractivity (Wildman–Crippen MR) is 156 cm³/mol. The summed E-state index contributed by atoms with van der Waals surface area (Å²) in [6, 6.07) is 10.7. The first-order chi connectivity index (χ1) is 22.4. The number of nitrogens with zero attached hydrogens (tertiary/aromatic N) is 3. The molecule has 17 heteroatoms. The van der Waals surface area contributed by atoms with Crippen LogP contribution in [0.2, 0.25) is 0 Å². The molecule has 2 aromatic heterocycles. The number of ether oxygens (including phenoxy) is 1. The Labute approximate surface area is 267 Å². The highest BCUT2D eigenvalue weighted by Gasteiger charge is 2.35. The van der Waals surface area contributed by atoms with Crippen molar-refractivity contribution in [2.45, 2.75) is 37.4 Å². The summed E-state index contributed by atoms with van der Waals surface area (Å²) in [5.41, 5.74) is -1.22. The molecule has 3 aromatic carbocycles. The van der Waals surface area contributed by atoms with Crippen LogP contribution in [0.1, 0.15) is 23.0 Å². The highest BCUT2D eigenvalue weighted by atomic mass is 32.2. The second kappa shape index (κ2) is 12.7. The Hall–Kier alpha value is -4.74. The molecular weight excluding hydrogens is 675 g/mol. The summed E-state index contributed by atoms with van der Waals surface area (Å²) in [6.07, 6.45) is -8.33. The van der Waals surface area contributed by atoms with Gasteiger partial charge in [-0.25, -0.2) is 22.8 Å².